The van der Waals surface area contributed by atoms with E-state index in [2.05, 4.69) is 40.8 Å². The molecule has 0 aliphatic carbocycles. The lowest BCUT2D eigenvalue weighted by atomic mass is 10.8. The predicted molar refractivity (Wildman–Crippen MR) is 69.4 cm³/mol. The number of tetrazole rings is 1. The van der Waals surface area contributed by atoms with Gasteiger partial charge in [0.15, 0.2) is 0 Å². The Morgan fingerprint density at radius 3 is 2.80 bits per heavy atom. The van der Waals surface area contributed by atoms with Crippen molar-refractivity contribution in [2.45, 2.75) is 10.3 Å². The van der Waals surface area contributed by atoms with Crippen molar-refractivity contribution in [3.63, 3.8) is 0 Å². The molecule has 102 valence electrons. The fraction of sp³-hybridized carbons (Fsp3) is 0.222. The molecule has 10 nitrogen and oxygen atoms in total. The summed E-state index contributed by atoms with van der Waals surface area (Å²) in [4.78, 5) is 16.9. The molecule has 20 heavy (non-hydrogen) atoms. The molecular weight excluding hydrogens is 280 g/mol. The molecule has 11 heteroatoms. The van der Waals surface area contributed by atoms with Gasteiger partial charge in [0, 0.05) is 26.5 Å². The van der Waals surface area contributed by atoms with Gasteiger partial charge in [-0.05, 0) is 22.2 Å². The molecule has 3 heterocycles. The standard InChI is InChI=1S/C9H10N10S/c1-10-6-12-7(19-4-3-11-5-19)14-8(13-6)20-9-15-16-17-18(9)2/h3-5H,1-2H3,(H,10,12,13,14). The first kappa shape index (κ1) is 12.5. The molecule has 3 rings (SSSR count). The van der Waals surface area contributed by atoms with E-state index in [0.29, 0.717) is 22.2 Å². The fourth-order valence-electron chi connectivity index (χ4n) is 1.39. The van der Waals surface area contributed by atoms with Crippen molar-refractivity contribution in [2.75, 3.05) is 12.4 Å². The summed E-state index contributed by atoms with van der Waals surface area (Å²) >= 11 is 1.25. The van der Waals surface area contributed by atoms with Crippen LogP contribution in [0.5, 0.6) is 0 Å². The van der Waals surface area contributed by atoms with Gasteiger partial charge in [-0.1, -0.05) is 0 Å². The lowest BCUT2D eigenvalue weighted by Crippen LogP contribution is -2.06. The smallest absolute Gasteiger partial charge is 0.240 e. The minimum atomic E-state index is 0.460. The van der Waals surface area contributed by atoms with Crippen LogP contribution in [0.2, 0.25) is 0 Å². The molecule has 0 amide bonds. The first-order chi connectivity index (χ1) is 9.76. The maximum atomic E-state index is 4.35. The number of nitrogens with zero attached hydrogens (tertiary/aromatic N) is 9. The first-order valence-corrected chi connectivity index (χ1v) is 6.40. The predicted octanol–water partition coefficient (Wildman–Crippen LogP) is -0.226. The highest BCUT2D eigenvalue weighted by Gasteiger charge is 2.12. The summed E-state index contributed by atoms with van der Waals surface area (Å²) in [7, 11) is 3.49. The summed E-state index contributed by atoms with van der Waals surface area (Å²) in [6, 6.07) is 0. The fourth-order valence-corrected chi connectivity index (χ4v) is 2.05. The van der Waals surface area contributed by atoms with E-state index in [1.807, 2.05) is 0 Å². The molecule has 0 aliphatic rings. The van der Waals surface area contributed by atoms with Crippen molar-refractivity contribution in [1.82, 2.24) is 44.7 Å². The monoisotopic (exact) mass is 290 g/mol. The Hall–Kier alpha value is -2.56. The first-order valence-electron chi connectivity index (χ1n) is 5.58. The number of anilines is 1. The van der Waals surface area contributed by atoms with Crippen molar-refractivity contribution >= 4 is 17.7 Å². The molecule has 0 saturated carbocycles. The largest absolute Gasteiger partial charge is 0.357 e. The molecule has 0 bridgehead atoms. The average molecular weight is 290 g/mol. The third-order valence-electron chi connectivity index (χ3n) is 2.33. The number of imidazole rings is 1. The molecule has 0 fully saturated rings. The van der Waals surface area contributed by atoms with Crippen LogP contribution in [0.1, 0.15) is 0 Å². The zero-order chi connectivity index (χ0) is 13.9. The maximum Gasteiger partial charge on any atom is 0.240 e. The van der Waals surface area contributed by atoms with Gasteiger partial charge in [0.2, 0.25) is 22.2 Å². The van der Waals surface area contributed by atoms with E-state index in [0.717, 1.165) is 0 Å². The van der Waals surface area contributed by atoms with E-state index >= 15 is 0 Å². The Morgan fingerprint density at radius 2 is 2.15 bits per heavy atom. The lowest BCUT2D eigenvalue weighted by Gasteiger charge is -2.05. The molecule has 0 spiro atoms. The Labute approximate surface area is 117 Å². The second-order valence-corrected chi connectivity index (χ2v) is 4.58. The van der Waals surface area contributed by atoms with Crippen LogP contribution in [-0.2, 0) is 7.05 Å². The van der Waals surface area contributed by atoms with E-state index in [4.69, 9.17) is 0 Å². The quantitative estimate of drug-likeness (QED) is 0.696. The van der Waals surface area contributed by atoms with Crippen LogP contribution in [0, 0.1) is 0 Å². The highest BCUT2D eigenvalue weighted by Crippen LogP contribution is 2.22. The molecule has 3 aromatic rings. The maximum absolute atomic E-state index is 4.35. The minimum Gasteiger partial charge on any atom is -0.357 e. The van der Waals surface area contributed by atoms with Gasteiger partial charge in [-0.15, -0.1) is 5.10 Å². The second kappa shape index (κ2) is 5.21. The molecule has 0 radical (unpaired) electrons. The SMILES string of the molecule is CNc1nc(Sc2nnnn2C)nc(-n2ccnc2)n1. The van der Waals surface area contributed by atoms with Gasteiger partial charge in [0.1, 0.15) is 6.33 Å². The normalized spacial score (nSPS) is 10.7. The second-order valence-electron chi connectivity index (χ2n) is 3.65. The summed E-state index contributed by atoms with van der Waals surface area (Å²) < 4.78 is 3.24. The van der Waals surface area contributed by atoms with Gasteiger partial charge in [-0.3, -0.25) is 4.57 Å². The molecular formula is C9H10N10S. The third kappa shape index (κ3) is 2.42. The summed E-state index contributed by atoms with van der Waals surface area (Å²) in [6.45, 7) is 0. The number of nitrogens with one attached hydrogen (secondary N) is 1. The van der Waals surface area contributed by atoms with E-state index in [-0.39, 0.29) is 0 Å². The van der Waals surface area contributed by atoms with Crippen LogP contribution in [0.15, 0.2) is 29.0 Å². The highest BCUT2D eigenvalue weighted by molar-refractivity contribution is 7.99. The highest BCUT2D eigenvalue weighted by atomic mass is 32.2. The van der Waals surface area contributed by atoms with Crippen LogP contribution in [0.25, 0.3) is 5.95 Å². The van der Waals surface area contributed by atoms with Crippen molar-refractivity contribution in [1.29, 1.82) is 0 Å². The zero-order valence-corrected chi connectivity index (χ0v) is 11.5. The zero-order valence-electron chi connectivity index (χ0n) is 10.7. The van der Waals surface area contributed by atoms with Gasteiger partial charge in [-0.25, -0.2) is 9.67 Å². The van der Waals surface area contributed by atoms with E-state index in [1.54, 1.807) is 42.1 Å². The minimum absolute atomic E-state index is 0.460. The van der Waals surface area contributed by atoms with Crippen LogP contribution in [0.3, 0.4) is 0 Å². The molecule has 0 atom stereocenters. The van der Waals surface area contributed by atoms with E-state index in [1.165, 1.54) is 11.8 Å². The third-order valence-corrected chi connectivity index (χ3v) is 3.22. The Kier molecular flexibility index (Phi) is 3.25. The Bertz CT molecular complexity index is 705. The summed E-state index contributed by atoms with van der Waals surface area (Å²) in [5, 5.41) is 15.2. The Morgan fingerprint density at radius 1 is 1.25 bits per heavy atom. The summed E-state index contributed by atoms with van der Waals surface area (Å²) in [5.41, 5.74) is 0. The van der Waals surface area contributed by atoms with Crippen LogP contribution >= 0.6 is 11.8 Å². The van der Waals surface area contributed by atoms with Crippen LogP contribution in [0.4, 0.5) is 5.95 Å². The summed E-state index contributed by atoms with van der Waals surface area (Å²) in [6.07, 6.45) is 5.03. The number of hydrogen-bond donors (Lipinski definition) is 1. The van der Waals surface area contributed by atoms with Crippen molar-refractivity contribution in [3.8, 4) is 5.95 Å². The van der Waals surface area contributed by atoms with Gasteiger partial charge in [-0.2, -0.15) is 15.0 Å². The van der Waals surface area contributed by atoms with Crippen molar-refractivity contribution in [2.24, 2.45) is 7.05 Å². The molecule has 1 N–H and O–H groups in total. The van der Waals surface area contributed by atoms with Crippen molar-refractivity contribution < 1.29 is 0 Å². The molecule has 0 aliphatic heterocycles. The molecule has 3 aromatic heterocycles. The number of aromatic nitrogens is 9. The average Bonchev–Trinajstić information content (AvgIpc) is 3.11. The van der Waals surface area contributed by atoms with Crippen LogP contribution < -0.4 is 5.32 Å². The number of aryl methyl sites for hydroxylation is 1. The Balaban J connectivity index is 1.98. The van der Waals surface area contributed by atoms with Gasteiger partial charge in [0.05, 0.1) is 0 Å². The number of hydrogen-bond acceptors (Lipinski definition) is 9. The number of rotatable bonds is 4. The van der Waals surface area contributed by atoms with Gasteiger partial charge >= 0.3 is 0 Å². The molecule has 0 unspecified atom stereocenters. The summed E-state index contributed by atoms with van der Waals surface area (Å²) in [5.74, 6) is 0.931. The van der Waals surface area contributed by atoms with Gasteiger partial charge in [0.25, 0.3) is 0 Å². The van der Waals surface area contributed by atoms with E-state index < -0.39 is 0 Å². The van der Waals surface area contributed by atoms with Crippen molar-refractivity contribution in [3.05, 3.63) is 18.7 Å². The van der Waals surface area contributed by atoms with E-state index in [9.17, 15) is 0 Å². The molecule has 0 saturated heterocycles. The van der Waals surface area contributed by atoms with Crippen LogP contribution in [-0.4, -0.2) is 51.8 Å². The lowest BCUT2D eigenvalue weighted by molar-refractivity contribution is 0.663. The molecule has 0 aromatic carbocycles. The topological polar surface area (TPSA) is 112 Å². The van der Waals surface area contributed by atoms with Gasteiger partial charge < -0.3 is 5.32 Å².